The highest BCUT2D eigenvalue weighted by atomic mass is 16.2. The Labute approximate surface area is 168 Å². The largest absolute Gasteiger partial charge is 0.291 e. The summed E-state index contributed by atoms with van der Waals surface area (Å²) in [6.07, 6.45) is 1.90. The van der Waals surface area contributed by atoms with Gasteiger partial charge in [0.05, 0.1) is 0 Å². The third kappa shape index (κ3) is 1.49. The molecule has 0 saturated heterocycles. The number of amides is 4. The number of carbonyl (C=O) groups is 4. The predicted molar refractivity (Wildman–Crippen MR) is 110 cm³/mol. The second-order valence-corrected chi connectivity index (χ2v) is 8.10. The van der Waals surface area contributed by atoms with Gasteiger partial charge < -0.3 is 0 Å². The van der Waals surface area contributed by atoms with E-state index in [4.69, 9.17) is 0 Å². The van der Waals surface area contributed by atoms with Gasteiger partial charge in [-0.3, -0.25) is 29.8 Å². The average Bonchev–Trinajstić information content (AvgIpc) is 2.80. The second kappa shape index (κ2) is 4.74. The zero-order valence-electron chi connectivity index (χ0n) is 15.5. The number of carbonyl (C=O) groups excluding carboxylic acids is 4. The highest BCUT2D eigenvalue weighted by Crippen LogP contribution is 2.47. The van der Waals surface area contributed by atoms with Crippen molar-refractivity contribution in [1.29, 1.82) is 0 Å². The molecule has 1 unspecified atom stereocenters. The van der Waals surface area contributed by atoms with Crippen molar-refractivity contribution in [1.82, 2.24) is 10.6 Å². The molecule has 6 nitrogen and oxygen atoms in total. The number of imide groups is 2. The Morgan fingerprint density at radius 2 is 1.30 bits per heavy atom. The van der Waals surface area contributed by atoms with Crippen LogP contribution in [0.2, 0.25) is 0 Å². The molecule has 4 amide bonds. The van der Waals surface area contributed by atoms with Crippen molar-refractivity contribution in [3.05, 3.63) is 64.4 Å². The van der Waals surface area contributed by atoms with Gasteiger partial charge in [-0.2, -0.15) is 0 Å². The third-order valence-corrected chi connectivity index (χ3v) is 6.84. The van der Waals surface area contributed by atoms with Gasteiger partial charge >= 0.3 is 0 Å². The van der Waals surface area contributed by atoms with Gasteiger partial charge in [-0.1, -0.05) is 36.4 Å². The number of benzene rings is 4. The van der Waals surface area contributed by atoms with E-state index < -0.39 is 29.0 Å². The summed E-state index contributed by atoms with van der Waals surface area (Å²) in [5.74, 6) is -2.62. The molecular weight excluding hydrogens is 380 g/mol. The van der Waals surface area contributed by atoms with Gasteiger partial charge in [0.15, 0.2) is 5.41 Å². The zero-order chi connectivity index (χ0) is 20.4. The van der Waals surface area contributed by atoms with Crippen LogP contribution in [0.15, 0.2) is 42.5 Å². The number of hydrogen-bond donors (Lipinski definition) is 2. The molecule has 0 radical (unpaired) electrons. The van der Waals surface area contributed by atoms with Gasteiger partial charge in [0, 0.05) is 16.5 Å². The molecule has 3 aliphatic rings. The molecule has 142 valence electrons. The van der Waals surface area contributed by atoms with Gasteiger partial charge in [-0.25, -0.2) is 0 Å². The number of hydrogen-bond acceptors (Lipinski definition) is 4. The first kappa shape index (κ1) is 15.8. The van der Waals surface area contributed by atoms with E-state index in [2.05, 4.69) is 10.6 Å². The summed E-state index contributed by atoms with van der Waals surface area (Å²) in [4.78, 5) is 53.3. The first-order valence-corrected chi connectivity index (χ1v) is 9.68. The fraction of sp³-hybridized carbons (Fsp3) is 0.0833. The van der Waals surface area contributed by atoms with Crippen LogP contribution in [0.3, 0.4) is 0 Å². The van der Waals surface area contributed by atoms with Crippen LogP contribution in [0.25, 0.3) is 38.4 Å². The van der Waals surface area contributed by atoms with E-state index >= 15 is 0 Å². The highest BCUT2D eigenvalue weighted by Gasteiger charge is 2.52. The van der Waals surface area contributed by atoms with E-state index in [1.807, 2.05) is 30.3 Å². The lowest BCUT2D eigenvalue weighted by Gasteiger charge is -2.33. The molecule has 0 saturated carbocycles. The van der Waals surface area contributed by atoms with Crippen LogP contribution in [0.5, 0.6) is 0 Å². The minimum absolute atomic E-state index is 0.0599. The average molecular weight is 392 g/mol. The standard InChI is InChI=1S/C24H12N2O4/c27-20-14-6-4-12-11-3-1-2-10-8-9-24(22(29)25-20)19(16(10)11)13-5-7-15(18(14)17(12)13)21(28)26-23(24)30/h1-8H,9H2,(H,25,27,29)(H,26,28,30). The van der Waals surface area contributed by atoms with Crippen molar-refractivity contribution in [2.45, 2.75) is 11.8 Å². The first-order valence-electron chi connectivity index (χ1n) is 9.68. The quantitative estimate of drug-likeness (QED) is 0.207. The summed E-state index contributed by atoms with van der Waals surface area (Å²) >= 11 is 0. The third-order valence-electron chi connectivity index (χ3n) is 6.84. The summed E-state index contributed by atoms with van der Waals surface area (Å²) in [5, 5.41) is 10.4. The lowest BCUT2D eigenvalue weighted by molar-refractivity contribution is -0.136. The van der Waals surface area contributed by atoms with Gasteiger partial charge in [0.1, 0.15) is 0 Å². The Balaban J connectivity index is 1.97. The van der Waals surface area contributed by atoms with Gasteiger partial charge in [0.25, 0.3) is 11.8 Å². The molecule has 0 fully saturated rings. The van der Waals surface area contributed by atoms with Crippen LogP contribution in [0.1, 0.15) is 32.7 Å². The molecule has 0 spiro atoms. The molecule has 7 bridgehead atoms. The van der Waals surface area contributed by atoms with Crippen molar-refractivity contribution < 1.29 is 19.2 Å². The second-order valence-electron chi connectivity index (χ2n) is 8.10. The van der Waals surface area contributed by atoms with Crippen LogP contribution in [0.4, 0.5) is 0 Å². The molecular formula is C24H12N2O4. The van der Waals surface area contributed by atoms with Crippen LogP contribution in [-0.2, 0) is 15.0 Å². The molecule has 6 heteroatoms. The monoisotopic (exact) mass is 392 g/mol. The maximum Gasteiger partial charge on any atom is 0.258 e. The minimum Gasteiger partial charge on any atom is -0.291 e. The van der Waals surface area contributed by atoms with Crippen molar-refractivity contribution in [3.63, 3.8) is 0 Å². The van der Waals surface area contributed by atoms with Crippen molar-refractivity contribution in [3.8, 4) is 0 Å². The fourth-order valence-electron chi connectivity index (χ4n) is 5.56. The summed E-state index contributed by atoms with van der Waals surface area (Å²) in [7, 11) is 0. The topological polar surface area (TPSA) is 92.3 Å². The Morgan fingerprint density at radius 3 is 2.00 bits per heavy atom. The molecule has 2 N–H and O–H groups in total. The lowest BCUT2D eigenvalue weighted by Crippen LogP contribution is -2.57. The SMILES string of the molecule is O=C1NC(=O)C23CC=c4cccc5c4c2c2ccc1c1c(ccc5c21)C(=O)NC3=O. The van der Waals surface area contributed by atoms with Crippen molar-refractivity contribution in [2.75, 3.05) is 0 Å². The summed E-state index contributed by atoms with van der Waals surface area (Å²) in [6, 6.07) is 12.8. The Bertz CT molecular complexity index is 1630. The molecule has 0 aromatic heterocycles. The highest BCUT2D eigenvalue weighted by molar-refractivity contribution is 6.37. The molecule has 4 aromatic rings. The van der Waals surface area contributed by atoms with Gasteiger partial charge in [-0.15, -0.1) is 0 Å². The van der Waals surface area contributed by atoms with Gasteiger partial charge in [0.2, 0.25) is 11.8 Å². The van der Waals surface area contributed by atoms with E-state index in [-0.39, 0.29) is 17.5 Å². The maximum atomic E-state index is 13.6. The number of fused-ring (bicyclic) bond motifs is 3. The smallest absolute Gasteiger partial charge is 0.258 e. The summed E-state index contributed by atoms with van der Waals surface area (Å²) in [6.45, 7) is 0. The van der Waals surface area contributed by atoms with E-state index in [9.17, 15) is 19.2 Å². The Morgan fingerprint density at radius 1 is 0.667 bits per heavy atom. The van der Waals surface area contributed by atoms with E-state index in [1.165, 1.54) is 0 Å². The molecule has 2 aliphatic heterocycles. The molecule has 2 heterocycles. The predicted octanol–water partition coefficient (Wildman–Crippen LogP) is 1.83. The van der Waals surface area contributed by atoms with Gasteiger partial charge in [-0.05, 0) is 56.3 Å². The van der Waals surface area contributed by atoms with E-state index in [0.29, 0.717) is 10.9 Å². The Kier molecular flexibility index (Phi) is 2.50. The molecule has 30 heavy (non-hydrogen) atoms. The zero-order valence-corrected chi connectivity index (χ0v) is 15.5. The van der Waals surface area contributed by atoms with Crippen LogP contribution in [-0.4, -0.2) is 23.6 Å². The number of nitrogens with one attached hydrogen (secondary N) is 2. The van der Waals surface area contributed by atoms with E-state index in [0.717, 1.165) is 32.1 Å². The van der Waals surface area contributed by atoms with E-state index in [1.54, 1.807) is 18.2 Å². The molecule has 1 aliphatic carbocycles. The normalized spacial score (nSPS) is 21.7. The molecule has 1 atom stereocenters. The number of rotatable bonds is 0. The lowest BCUT2D eigenvalue weighted by atomic mass is 9.68. The Hall–Kier alpha value is -4.06. The van der Waals surface area contributed by atoms with Crippen molar-refractivity contribution >= 4 is 62.0 Å². The fourth-order valence-corrected chi connectivity index (χ4v) is 5.56. The minimum atomic E-state index is -1.71. The summed E-state index contributed by atoms with van der Waals surface area (Å²) in [5.41, 5.74) is -0.644. The maximum absolute atomic E-state index is 13.6. The molecule has 4 aromatic carbocycles. The van der Waals surface area contributed by atoms with Crippen molar-refractivity contribution in [2.24, 2.45) is 0 Å². The first-order chi connectivity index (χ1) is 14.5. The summed E-state index contributed by atoms with van der Waals surface area (Å²) < 4.78 is 0. The van der Waals surface area contributed by atoms with Crippen LogP contribution < -0.4 is 15.9 Å². The van der Waals surface area contributed by atoms with Crippen LogP contribution in [0, 0.1) is 0 Å². The van der Waals surface area contributed by atoms with Crippen LogP contribution >= 0.6 is 0 Å². The molecule has 7 rings (SSSR count).